The number of ether oxygens (including phenoxy) is 1. The van der Waals surface area contributed by atoms with E-state index in [4.69, 9.17) is 4.74 Å². The first kappa shape index (κ1) is 16.9. The van der Waals surface area contributed by atoms with Crippen molar-refractivity contribution in [3.63, 3.8) is 0 Å². The molecule has 1 aliphatic carbocycles. The molecular formula is C17H28N6O2. The maximum absolute atomic E-state index is 12.4. The topological polar surface area (TPSA) is 93.1 Å². The van der Waals surface area contributed by atoms with E-state index < -0.39 is 0 Å². The van der Waals surface area contributed by atoms with Gasteiger partial charge in [0.2, 0.25) is 0 Å². The van der Waals surface area contributed by atoms with E-state index in [1.54, 1.807) is 10.9 Å². The summed E-state index contributed by atoms with van der Waals surface area (Å²) in [6.45, 7) is 2.10. The van der Waals surface area contributed by atoms with Gasteiger partial charge in [-0.3, -0.25) is 15.6 Å². The minimum atomic E-state index is -0.155. The van der Waals surface area contributed by atoms with E-state index in [-0.39, 0.29) is 18.1 Å². The van der Waals surface area contributed by atoms with Gasteiger partial charge >= 0.3 is 0 Å². The second kappa shape index (κ2) is 7.80. The van der Waals surface area contributed by atoms with E-state index in [2.05, 4.69) is 26.5 Å². The molecule has 0 bridgehead atoms. The number of rotatable bonds is 5. The molecule has 3 aliphatic rings. The highest BCUT2D eigenvalue weighted by Crippen LogP contribution is 2.28. The SMILES string of the molecule is O=C(NCC1NNC2CCCCCC21)c1cn(CC2CCCO2)nn1. The number of nitrogens with one attached hydrogen (secondary N) is 3. The molecule has 1 aromatic heterocycles. The van der Waals surface area contributed by atoms with Crippen LogP contribution in [0.3, 0.4) is 0 Å². The molecular weight excluding hydrogens is 320 g/mol. The lowest BCUT2D eigenvalue weighted by Gasteiger charge is -2.20. The van der Waals surface area contributed by atoms with Gasteiger partial charge in [-0.05, 0) is 31.6 Å². The smallest absolute Gasteiger partial charge is 0.273 e. The quantitative estimate of drug-likeness (QED) is 0.722. The number of aromatic nitrogens is 3. The fourth-order valence-corrected chi connectivity index (χ4v) is 4.30. The highest BCUT2D eigenvalue weighted by Gasteiger charge is 2.36. The van der Waals surface area contributed by atoms with Crippen molar-refractivity contribution >= 4 is 5.91 Å². The second-order valence-corrected chi connectivity index (χ2v) is 7.47. The highest BCUT2D eigenvalue weighted by molar-refractivity contribution is 5.91. The molecule has 1 amide bonds. The number of hydrazine groups is 1. The standard InChI is InChI=1S/C17H28N6O2/c24-17(16-11-23(22-21-16)10-12-5-4-8-25-12)18-9-15-13-6-2-1-3-7-14(13)19-20-15/h11-15,19-20H,1-10H2,(H,18,24). The minimum absolute atomic E-state index is 0.155. The van der Waals surface area contributed by atoms with Gasteiger partial charge in [-0.25, -0.2) is 4.68 Å². The number of carbonyl (C=O) groups is 1. The zero-order valence-electron chi connectivity index (χ0n) is 14.6. The van der Waals surface area contributed by atoms with Crippen molar-refractivity contribution in [3.8, 4) is 0 Å². The van der Waals surface area contributed by atoms with Crippen LogP contribution in [0.25, 0.3) is 0 Å². The van der Waals surface area contributed by atoms with E-state index in [1.165, 1.54) is 32.1 Å². The van der Waals surface area contributed by atoms with E-state index in [9.17, 15) is 4.79 Å². The van der Waals surface area contributed by atoms with Crippen LogP contribution in [0.4, 0.5) is 0 Å². The molecule has 0 spiro atoms. The van der Waals surface area contributed by atoms with Gasteiger partial charge < -0.3 is 10.1 Å². The number of carbonyl (C=O) groups excluding carboxylic acids is 1. The average Bonchev–Trinajstić information content (AvgIpc) is 3.33. The van der Waals surface area contributed by atoms with Crippen LogP contribution in [0.1, 0.15) is 55.4 Å². The first-order valence-corrected chi connectivity index (χ1v) is 9.60. The molecule has 2 aliphatic heterocycles. The largest absolute Gasteiger partial charge is 0.376 e. The number of hydrogen-bond donors (Lipinski definition) is 3. The molecule has 3 heterocycles. The van der Waals surface area contributed by atoms with Gasteiger partial charge in [0.25, 0.3) is 5.91 Å². The Kier molecular flexibility index (Phi) is 5.28. The van der Waals surface area contributed by atoms with E-state index in [1.807, 2.05) is 0 Å². The van der Waals surface area contributed by atoms with Crippen LogP contribution in [0, 0.1) is 5.92 Å². The molecule has 8 nitrogen and oxygen atoms in total. The molecule has 8 heteroatoms. The molecule has 1 saturated carbocycles. The summed E-state index contributed by atoms with van der Waals surface area (Å²) >= 11 is 0. The van der Waals surface area contributed by atoms with Crippen molar-refractivity contribution in [2.45, 2.75) is 69.7 Å². The zero-order valence-corrected chi connectivity index (χ0v) is 14.6. The highest BCUT2D eigenvalue weighted by atomic mass is 16.5. The first-order chi connectivity index (χ1) is 12.3. The van der Waals surface area contributed by atoms with E-state index in [0.717, 1.165) is 19.4 Å². The van der Waals surface area contributed by atoms with Crippen molar-refractivity contribution in [1.82, 2.24) is 31.2 Å². The Morgan fingerprint density at radius 2 is 2.16 bits per heavy atom. The summed E-state index contributed by atoms with van der Waals surface area (Å²) in [6.07, 6.45) is 10.4. The van der Waals surface area contributed by atoms with E-state index >= 15 is 0 Å². The maximum Gasteiger partial charge on any atom is 0.273 e. The fraction of sp³-hybridized carbons (Fsp3) is 0.824. The predicted octanol–water partition coefficient (Wildman–Crippen LogP) is 0.612. The van der Waals surface area contributed by atoms with Gasteiger partial charge in [-0.1, -0.05) is 24.5 Å². The summed E-state index contributed by atoms with van der Waals surface area (Å²) in [5.41, 5.74) is 7.15. The lowest BCUT2D eigenvalue weighted by Crippen LogP contribution is -2.42. The molecule has 0 aromatic carbocycles. The summed E-state index contributed by atoms with van der Waals surface area (Å²) in [5.74, 6) is 0.440. The predicted molar refractivity (Wildman–Crippen MR) is 91.8 cm³/mol. The molecule has 1 aromatic rings. The van der Waals surface area contributed by atoms with Crippen molar-refractivity contribution in [3.05, 3.63) is 11.9 Å². The molecule has 0 radical (unpaired) electrons. The monoisotopic (exact) mass is 348 g/mol. The molecule has 3 N–H and O–H groups in total. The van der Waals surface area contributed by atoms with Crippen molar-refractivity contribution < 1.29 is 9.53 Å². The summed E-state index contributed by atoms with van der Waals surface area (Å²) in [5, 5.41) is 11.1. The molecule has 4 rings (SSSR count). The third kappa shape index (κ3) is 4.02. The fourth-order valence-electron chi connectivity index (χ4n) is 4.30. The van der Waals surface area contributed by atoms with Gasteiger partial charge in [0.1, 0.15) is 0 Å². The third-order valence-corrected chi connectivity index (χ3v) is 5.71. The van der Waals surface area contributed by atoms with Crippen LogP contribution >= 0.6 is 0 Å². The van der Waals surface area contributed by atoms with Gasteiger partial charge in [0.05, 0.1) is 18.8 Å². The van der Waals surface area contributed by atoms with E-state index in [0.29, 0.717) is 30.7 Å². The van der Waals surface area contributed by atoms with Crippen molar-refractivity contribution in [1.29, 1.82) is 0 Å². The lowest BCUT2D eigenvalue weighted by molar-refractivity contribution is 0.0928. The average molecular weight is 348 g/mol. The summed E-state index contributed by atoms with van der Waals surface area (Å²) in [7, 11) is 0. The zero-order chi connectivity index (χ0) is 17.1. The molecule has 25 heavy (non-hydrogen) atoms. The van der Waals surface area contributed by atoms with Crippen LogP contribution < -0.4 is 16.2 Å². The van der Waals surface area contributed by atoms with Crippen LogP contribution in [0.5, 0.6) is 0 Å². The Labute approximate surface area is 148 Å². The Balaban J connectivity index is 1.28. The van der Waals surface area contributed by atoms with Gasteiger partial charge in [-0.15, -0.1) is 5.10 Å². The molecule has 4 unspecified atom stereocenters. The molecule has 2 saturated heterocycles. The van der Waals surface area contributed by atoms with Crippen LogP contribution in [-0.2, 0) is 11.3 Å². The minimum Gasteiger partial charge on any atom is -0.376 e. The number of fused-ring (bicyclic) bond motifs is 1. The number of amides is 1. The Hall–Kier alpha value is -1.51. The van der Waals surface area contributed by atoms with Crippen LogP contribution in [0.2, 0.25) is 0 Å². The van der Waals surface area contributed by atoms with Crippen LogP contribution in [0.15, 0.2) is 6.20 Å². The first-order valence-electron chi connectivity index (χ1n) is 9.60. The lowest BCUT2D eigenvalue weighted by atomic mass is 9.90. The van der Waals surface area contributed by atoms with Gasteiger partial charge in [0, 0.05) is 25.2 Å². The summed E-state index contributed by atoms with van der Waals surface area (Å²) in [6, 6.07) is 0.825. The van der Waals surface area contributed by atoms with Crippen LogP contribution in [-0.4, -0.2) is 52.2 Å². The normalized spacial score (nSPS) is 32.3. The maximum atomic E-state index is 12.4. The van der Waals surface area contributed by atoms with Crippen molar-refractivity contribution in [2.75, 3.05) is 13.2 Å². The molecule has 3 fully saturated rings. The summed E-state index contributed by atoms with van der Waals surface area (Å²) < 4.78 is 7.31. The number of hydrogen-bond acceptors (Lipinski definition) is 6. The summed E-state index contributed by atoms with van der Waals surface area (Å²) in [4.78, 5) is 12.4. The Bertz CT molecular complexity index is 585. The second-order valence-electron chi connectivity index (χ2n) is 7.47. The molecule has 4 atom stereocenters. The van der Waals surface area contributed by atoms with Gasteiger partial charge in [-0.2, -0.15) is 0 Å². The molecule has 138 valence electrons. The number of nitrogens with zero attached hydrogens (tertiary/aromatic N) is 3. The Morgan fingerprint density at radius 3 is 3.04 bits per heavy atom. The van der Waals surface area contributed by atoms with Crippen molar-refractivity contribution in [2.24, 2.45) is 5.92 Å². The Morgan fingerprint density at radius 1 is 1.24 bits per heavy atom. The van der Waals surface area contributed by atoms with Gasteiger partial charge in [0.15, 0.2) is 5.69 Å². The third-order valence-electron chi connectivity index (χ3n) is 5.71.